The summed E-state index contributed by atoms with van der Waals surface area (Å²) < 4.78 is 1.70. The average Bonchev–Trinajstić information content (AvgIpc) is 3.11. The van der Waals surface area contributed by atoms with Gasteiger partial charge in [0.1, 0.15) is 6.54 Å². The number of nitrogens with zero attached hydrogens (tertiary/aromatic N) is 5. The van der Waals surface area contributed by atoms with Crippen LogP contribution >= 0.6 is 24.0 Å². The van der Waals surface area contributed by atoms with Gasteiger partial charge in [0, 0.05) is 32.9 Å². The number of nitrogens with one attached hydrogen (secondary N) is 1. The first-order valence-electron chi connectivity index (χ1n) is 9.11. The van der Waals surface area contributed by atoms with Crippen molar-refractivity contribution < 1.29 is 9.90 Å². The lowest BCUT2D eigenvalue weighted by Crippen LogP contribution is -2.55. The van der Waals surface area contributed by atoms with Gasteiger partial charge in [-0.2, -0.15) is 5.10 Å². The Kier molecular flexibility index (Phi) is 8.24. The predicted molar refractivity (Wildman–Crippen MR) is 120 cm³/mol. The molecule has 0 saturated carbocycles. The lowest BCUT2D eigenvalue weighted by molar-refractivity contribution is -0.120. The highest BCUT2D eigenvalue weighted by molar-refractivity contribution is 14.0. The molecular formula is C19H27IN6O2. The Hall–Kier alpha value is -2.14. The Balaban J connectivity index is 0.00000280. The summed E-state index contributed by atoms with van der Waals surface area (Å²) in [6, 6.07) is 7.73. The molecule has 1 amide bonds. The molecule has 2 heterocycles. The summed E-state index contributed by atoms with van der Waals surface area (Å²) in [5.41, 5.74) is 2.72. The van der Waals surface area contributed by atoms with E-state index in [2.05, 4.69) is 15.4 Å². The highest BCUT2D eigenvalue weighted by Crippen LogP contribution is 2.16. The third-order valence-electron chi connectivity index (χ3n) is 4.44. The molecule has 0 bridgehead atoms. The van der Waals surface area contributed by atoms with Gasteiger partial charge in [-0.05, 0) is 18.1 Å². The fourth-order valence-corrected chi connectivity index (χ4v) is 3.09. The molecule has 0 radical (unpaired) electrons. The van der Waals surface area contributed by atoms with E-state index in [1.165, 1.54) is 0 Å². The Bertz CT molecular complexity index is 822. The van der Waals surface area contributed by atoms with Crippen molar-refractivity contribution in [1.29, 1.82) is 0 Å². The number of rotatable bonds is 5. The minimum absolute atomic E-state index is 0. The van der Waals surface area contributed by atoms with E-state index in [-0.39, 0.29) is 43.0 Å². The van der Waals surface area contributed by atoms with Gasteiger partial charge < -0.3 is 20.2 Å². The van der Waals surface area contributed by atoms with Crippen LogP contribution < -0.4 is 10.2 Å². The molecule has 3 rings (SSSR count). The van der Waals surface area contributed by atoms with E-state index in [9.17, 15) is 9.90 Å². The van der Waals surface area contributed by atoms with E-state index in [0.29, 0.717) is 19.6 Å². The maximum Gasteiger partial charge on any atom is 0.246 e. The molecule has 0 atom stereocenters. The second-order valence-electron chi connectivity index (χ2n) is 6.49. The summed E-state index contributed by atoms with van der Waals surface area (Å²) in [5, 5.41) is 16.7. The van der Waals surface area contributed by atoms with Gasteiger partial charge in [0.15, 0.2) is 5.96 Å². The van der Waals surface area contributed by atoms with Crippen molar-refractivity contribution in [2.45, 2.75) is 20.1 Å². The Morgan fingerprint density at radius 3 is 2.75 bits per heavy atom. The van der Waals surface area contributed by atoms with E-state index in [4.69, 9.17) is 0 Å². The number of halogens is 1. The molecule has 1 aliphatic heterocycles. The van der Waals surface area contributed by atoms with E-state index >= 15 is 0 Å². The van der Waals surface area contributed by atoms with Gasteiger partial charge in [0.05, 0.1) is 25.0 Å². The number of aliphatic imine (C=N–C) groups is 1. The highest BCUT2D eigenvalue weighted by atomic mass is 127. The van der Waals surface area contributed by atoms with Gasteiger partial charge in [-0.1, -0.05) is 24.3 Å². The number of guanidine groups is 1. The van der Waals surface area contributed by atoms with Crippen LogP contribution in [-0.4, -0.2) is 57.8 Å². The second-order valence-corrected chi connectivity index (χ2v) is 6.49. The summed E-state index contributed by atoms with van der Waals surface area (Å²) in [7, 11) is 1.84. The number of anilines is 1. The average molecular weight is 498 g/mol. The first-order chi connectivity index (χ1) is 13.1. The van der Waals surface area contributed by atoms with Crippen molar-refractivity contribution in [2.75, 3.05) is 31.1 Å². The van der Waals surface area contributed by atoms with Crippen LogP contribution in [-0.2, 0) is 25.0 Å². The van der Waals surface area contributed by atoms with Crippen molar-refractivity contribution in [3.8, 4) is 0 Å². The number of benzene rings is 1. The van der Waals surface area contributed by atoms with Crippen LogP contribution in [0.1, 0.15) is 18.1 Å². The molecule has 0 unspecified atom stereocenters. The zero-order valence-electron chi connectivity index (χ0n) is 16.2. The van der Waals surface area contributed by atoms with Gasteiger partial charge >= 0.3 is 0 Å². The van der Waals surface area contributed by atoms with Gasteiger partial charge in [-0.3, -0.25) is 9.48 Å². The molecule has 0 aliphatic carbocycles. The number of carbonyl (C=O) groups excluding carboxylic acids is 1. The van der Waals surface area contributed by atoms with Crippen LogP contribution in [0.15, 0.2) is 41.7 Å². The van der Waals surface area contributed by atoms with E-state index in [0.717, 1.165) is 29.3 Å². The van der Waals surface area contributed by atoms with Crippen LogP contribution in [0.5, 0.6) is 0 Å². The molecular weight excluding hydrogens is 471 g/mol. The minimum Gasteiger partial charge on any atom is -0.392 e. The summed E-state index contributed by atoms with van der Waals surface area (Å²) >= 11 is 0. The van der Waals surface area contributed by atoms with Crippen molar-refractivity contribution in [1.82, 2.24) is 20.0 Å². The van der Waals surface area contributed by atoms with Crippen LogP contribution in [0.2, 0.25) is 0 Å². The molecule has 2 N–H and O–H groups in total. The number of aromatic nitrogens is 2. The standard InChI is InChI=1S/C19H26N6O2.HI/c1-3-20-19(21-10-15-5-4-6-16(9-15)14-26)24-7-8-25(18(27)13-24)17-11-22-23(2)12-17;/h4-6,9,11-12,26H,3,7-8,10,13-14H2,1-2H3,(H,20,21);1H. The molecule has 152 valence electrons. The zero-order valence-corrected chi connectivity index (χ0v) is 18.5. The van der Waals surface area contributed by atoms with Crippen molar-refractivity contribution in [3.05, 3.63) is 47.8 Å². The zero-order chi connectivity index (χ0) is 19.2. The summed E-state index contributed by atoms with van der Waals surface area (Å²) in [5.74, 6) is 0.758. The number of aliphatic hydroxyl groups is 1. The third-order valence-corrected chi connectivity index (χ3v) is 4.44. The third kappa shape index (κ3) is 5.44. The molecule has 1 aromatic carbocycles. The molecule has 8 nitrogen and oxygen atoms in total. The maximum absolute atomic E-state index is 12.6. The van der Waals surface area contributed by atoms with Crippen molar-refractivity contribution in [3.63, 3.8) is 0 Å². The first-order valence-corrected chi connectivity index (χ1v) is 9.11. The molecule has 0 spiro atoms. The molecule has 1 fully saturated rings. The number of aliphatic hydroxyl groups excluding tert-OH is 1. The van der Waals surface area contributed by atoms with Crippen LogP contribution in [0.3, 0.4) is 0 Å². The van der Waals surface area contributed by atoms with Crippen molar-refractivity contribution in [2.24, 2.45) is 12.0 Å². The molecule has 1 aliphatic rings. The largest absolute Gasteiger partial charge is 0.392 e. The maximum atomic E-state index is 12.6. The quantitative estimate of drug-likeness (QED) is 0.370. The number of amides is 1. The Morgan fingerprint density at radius 2 is 2.11 bits per heavy atom. The number of piperazine rings is 1. The molecule has 1 aromatic heterocycles. The van der Waals surface area contributed by atoms with Crippen LogP contribution in [0, 0.1) is 0 Å². The van der Waals surface area contributed by atoms with Crippen LogP contribution in [0.25, 0.3) is 0 Å². The number of hydrogen-bond acceptors (Lipinski definition) is 4. The van der Waals surface area contributed by atoms with Gasteiger partial charge in [-0.25, -0.2) is 4.99 Å². The highest BCUT2D eigenvalue weighted by Gasteiger charge is 2.27. The van der Waals surface area contributed by atoms with E-state index in [1.807, 2.05) is 49.3 Å². The van der Waals surface area contributed by atoms with Gasteiger partial charge in [0.25, 0.3) is 0 Å². The summed E-state index contributed by atoms with van der Waals surface area (Å²) in [6.45, 7) is 4.81. The Morgan fingerprint density at radius 1 is 1.32 bits per heavy atom. The minimum atomic E-state index is 0. The summed E-state index contributed by atoms with van der Waals surface area (Å²) in [4.78, 5) is 21.0. The number of carbonyl (C=O) groups is 1. The van der Waals surface area contributed by atoms with Crippen LogP contribution in [0.4, 0.5) is 5.69 Å². The fourth-order valence-electron chi connectivity index (χ4n) is 3.09. The van der Waals surface area contributed by atoms with E-state index in [1.54, 1.807) is 15.8 Å². The normalized spacial score (nSPS) is 14.8. The van der Waals surface area contributed by atoms with Gasteiger partial charge in [-0.15, -0.1) is 24.0 Å². The monoisotopic (exact) mass is 498 g/mol. The molecule has 9 heteroatoms. The SMILES string of the molecule is CCNC(=NCc1cccc(CO)c1)N1CCN(c2cnn(C)c2)C(=O)C1.I. The predicted octanol–water partition coefficient (Wildman–Crippen LogP) is 1.34. The fraction of sp³-hybridized carbons (Fsp3) is 0.421. The molecule has 1 saturated heterocycles. The first kappa shape index (κ1) is 22.2. The molecule has 28 heavy (non-hydrogen) atoms. The second kappa shape index (κ2) is 10.4. The van der Waals surface area contributed by atoms with Gasteiger partial charge in [0.2, 0.25) is 5.91 Å². The number of hydrogen-bond donors (Lipinski definition) is 2. The lowest BCUT2D eigenvalue weighted by Gasteiger charge is -2.35. The van der Waals surface area contributed by atoms with E-state index < -0.39 is 0 Å². The molecule has 2 aromatic rings. The number of aryl methyl sites for hydroxylation is 1. The smallest absolute Gasteiger partial charge is 0.246 e. The topological polar surface area (TPSA) is 86.0 Å². The summed E-state index contributed by atoms with van der Waals surface area (Å²) in [6.07, 6.45) is 3.56. The van der Waals surface area contributed by atoms with Crippen molar-refractivity contribution >= 4 is 41.5 Å². The lowest BCUT2D eigenvalue weighted by atomic mass is 10.1. The Labute approximate surface area is 182 Å².